The third-order valence-corrected chi connectivity index (χ3v) is 6.32. The molecule has 0 amide bonds. The monoisotopic (exact) mass is 505 g/mol. The van der Waals surface area contributed by atoms with Crippen LogP contribution in [-0.2, 0) is 20.5 Å². The second-order valence-corrected chi connectivity index (χ2v) is 8.61. The zero-order chi connectivity index (χ0) is 25.8. The molecule has 1 aromatic carbocycles. The Bertz CT molecular complexity index is 1180. The lowest BCUT2D eigenvalue weighted by Crippen LogP contribution is -2.40. The van der Waals surface area contributed by atoms with Crippen LogP contribution in [-0.4, -0.2) is 40.6 Å². The lowest BCUT2D eigenvalue weighted by molar-refractivity contribution is -0.139. The van der Waals surface area contributed by atoms with E-state index in [1.54, 1.807) is 32.1 Å². The number of allylic oxidation sites excluding steroid dienone is 4. The number of benzene rings is 1. The quantitative estimate of drug-likeness (QED) is 0.547. The van der Waals surface area contributed by atoms with Crippen molar-refractivity contribution in [1.82, 2.24) is 0 Å². The van der Waals surface area contributed by atoms with Gasteiger partial charge in [0.25, 0.3) is 0 Å². The standard InChI is InChI=1S/C24H22F3N3O4S/c1-3-34-22(33)20-14(2)30(18-6-4-5-17(11-18)24(25,26)27)23(35-13-19(31)32)29-21(20)16-9-7-15(12-28)8-10-16/h4-9,11,16,21H,3,10,13H2,1-2H3,(H,31,32). The SMILES string of the molecule is CCOC(=O)C1=C(C)N(c2cccc(C(F)(F)F)c2)C(SCC(=O)O)=NC1C1C=CC(C#N)=CC1. The van der Waals surface area contributed by atoms with Crippen LogP contribution in [0.3, 0.4) is 0 Å². The third-order valence-electron chi connectivity index (χ3n) is 5.38. The van der Waals surface area contributed by atoms with Crippen molar-refractivity contribution in [3.8, 4) is 6.07 Å². The number of carbonyl (C=O) groups excluding carboxylic acids is 1. The molecule has 1 heterocycles. The number of halogens is 3. The van der Waals surface area contributed by atoms with Gasteiger partial charge in [0, 0.05) is 22.9 Å². The number of aliphatic carboxylic acids is 1. The van der Waals surface area contributed by atoms with Crippen molar-refractivity contribution in [2.24, 2.45) is 10.9 Å². The summed E-state index contributed by atoms with van der Waals surface area (Å²) in [6, 6.07) is 5.78. The zero-order valence-corrected chi connectivity index (χ0v) is 19.7. The average Bonchev–Trinajstić information content (AvgIpc) is 2.82. The molecule has 1 N–H and O–H groups in total. The van der Waals surface area contributed by atoms with Gasteiger partial charge in [-0.2, -0.15) is 18.4 Å². The highest BCUT2D eigenvalue weighted by Gasteiger charge is 2.39. The summed E-state index contributed by atoms with van der Waals surface area (Å²) in [6.45, 7) is 3.28. The van der Waals surface area contributed by atoms with Crippen molar-refractivity contribution >= 4 is 34.6 Å². The van der Waals surface area contributed by atoms with Gasteiger partial charge < -0.3 is 9.84 Å². The molecule has 1 aliphatic heterocycles. The van der Waals surface area contributed by atoms with Crippen LogP contribution in [0.15, 0.2) is 64.3 Å². The van der Waals surface area contributed by atoms with E-state index in [9.17, 15) is 27.9 Å². The van der Waals surface area contributed by atoms with E-state index in [2.05, 4.69) is 4.99 Å². The molecule has 0 saturated heterocycles. The van der Waals surface area contributed by atoms with E-state index in [-0.39, 0.29) is 34.7 Å². The van der Waals surface area contributed by atoms with Gasteiger partial charge >= 0.3 is 18.1 Å². The van der Waals surface area contributed by atoms with Gasteiger partial charge in [-0.3, -0.25) is 14.7 Å². The second-order valence-electron chi connectivity index (χ2n) is 7.67. The van der Waals surface area contributed by atoms with Gasteiger partial charge in [-0.05, 0) is 44.5 Å². The molecule has 184 valence electrons. The number of carbonyl (C=O) groups is 2. The minimum atomic E-state index is -4.60. The van der Waals surface area contributed by atoms with Crippen molar-refractivity contribution in [3.05, 3.63) is 64.9 Å². The molecular weight excluding hydrogens is 483 g/mol. The Morgan fingerprint density at radius 1 is 1.37 bits per heavy atom. The van der Waals surface area contributed by atoms with E-state index >= 15 is 0 Å². The van der Waals surface area contributed by atoms with Gasteiger partial charge in [0.2, 0.25) is 0 Å². The molecule has 7 nitrogen and oxygen atoms in total. The highest BCUT2D eigenvalue weighted by atomic mass is 32.2. The molecule has 35 heavy (non-hydrogen) atoms. The lowest BCUT2D eigenvalue weighted by Gasteiger charge is -2.36. The molecule has 0 radical (unpaired) electrons. The van der Waals surface area contributed by atoms with Crippen molar-refractivity contribution in [2.75, 3.05) is 17.3 Å². The largest absolute Gasteiger partial charge is 0.481 e. The molecule has 0 saturated carbocycles. The minimum Gasteiger partial charge on any atom is -0.481 e. The maximum atomic E-state index is 13.4. The number of amidine groups is 1. The van der Waals surface area contributed by atoms with Crippen molar-refractivity contribution in [3.63, 3.8) is 0 Å². The number of ether oxygens (including phenoxy) is 1. The fourth-order valence-corrected chi connectivity index (χ4v) is 4.63. The Morgan fingerprint density at radius 2 is 2.11 bits per heavy atom. The molecule has 1 aliphatic carbocycles. The average molecular weight is 506 g/mol. The summed E-state index contributed by atoms with van der Waals surface area (Å²) in [5.74, 6) is -2.52. The van der Waals surface area contributed by atoms with Crippen LogP contribution in [0.5, 0.6) is 0 Å². The van der Waals surface area contributed by atoms with Crippen LogP contribution in [0.2, 0.25) is 0 Å². The number of hydrogen-bond acceptors (Lipinski definition) is 7. The number of hydrogen-bond donors (Lipinski definition) is 1. The van der Waals surface area contributed by atoms with Gasteiger partial charge in [-0.1, -0.05) is 30.0 Å². The van der Waals surface area contributed by atoms with Crippen molar-refractivity contribution in [1.29, 1.82) is 5.26 Å². The first-order chi connectivity index (χ1) is 16.6. The summed E-state index contributed by atoms with van der Waals surface area (Å²) in [4.78, 5) is 30.3. The topological polar surface area (TPSA) is 103 Å². The maximum Gasteiger partial charge on any atom is 0.416 e. The van der Waals surface area contributed by atoms with Gasteiger partial charge in [0.15, 0.2) is 5.17 Å². The van der Waals surface area contributed by atoms with E-state index in [1.807, 2.05) is 6.07 Å². The van der Waals surface area contributed by atoms with E-state index in [4.69, 9.17) is 10.00 Å². The minimum absolute atomic E-state index is 0.0786. The molecule has 1 aromatic rings. The van der Waals surface area contributed by atoms with Gasteiger partial charge in [0.1, 0.15) is 0 Å². The van der Waals surface area contributed by atoms with Crippen LogP contribution in [0.1, 0.15) is 25.8 Å². The fourth-order valence-electron chi connectivity index (χ4n) is 3.81. The molecule has 0 bridgehead atoms. The lowest BCUT2D eigenvalue weighted by atomic mass is 9.85. The summed E-state index contributed by atoms with van der Waals surface area (Å²) < 4.78 is 45.4. The summed E-state index contributed by atoms with van der Waals surface area (Å²) in [5.41, 5.74) is 0.103. The molecule has 11 heteroatoms. The Hall–Kier alpha value is -3.52. The Morgan fingerprint density at radius 3 is 2.69 bits per heavy atom. The number of thioether (sulfide) groups is 1. The second kappa shape index (κ2) is 10.8. The first-order valence-corrected chi connectivity index (χ1v) is 11.6. The molecule has 2 aliphatic rings. The number of nitrogens with zero attached hydrogens (tertiary/aromatic N) is 3. The van der Waals surface area contributed by atoms with Crippen LogP contribution >= 0.6 is 11.8 Å². The molecule has 0 aromatic heterocycles. The van der Waals surface area contributed by atoms with Gasteiger partial charge in [-0.15, -0.1) is 0 Å². The smallest absolute Gasteiger partial charge is 0.416 e. The molecule has 0 fully saturated rings. The summed E-state index contributed by atoms with van der Waals surface area (Å²) in [6.07, 6.45) is 0.870. The first kappa shape index (κ1) is 26.1. The van der Waals surface area contributed by atoms with E-state index in [0.29, 0.717) is 17.7 Å². The number of rotatable bonds is 6. The number of carboxylic acid groups (broad SMARTS) is 1. The highest BCUT2D eigenvalue weighted by molar-refractivity contribution is 8.14. The normalized spacial score (nSPS) is 20.2. The number of aliphatic imine (C=N–C) groups is 1. The van der Waals surface area contributed by atoms with Crippen molar-refractivity contribution in [2.45, 2.75) is 32.5 Å². The van der Waals surface area contributed by atoms with E-state index < -0.39 is 29.7 Å². The summed E-state index contributed by atoms with van der Waals surface area (Å²) in [5, 5.41) is 18.5. The number of alkyl halides is 3. The predicted octanol–water partition coefficient (Wildman–Crippen LogP) is 4.93. The van der Waals surface area contributed by atoms with Crippen molar-refractivity contribution < 1.29 is 32.6 Å². The predicted molar refractivity (Wildman–Crippen MR) is 126 cm³/mol. The molecule has 0 spiro atoms. The maximum absolute atomic E-state index is 13.4. The van der Waals surface area contributed by atoms with Crippen LogP contribution in [0.4, 0.5) is 18.9 Å². The Kier molecular flexibility index (Phi) is 8.07. The summed E-state index contributed by atoms with van der Waals surface area (Å²) >= 11 is 0.842. The number of esters is 1. The fraction of sp³-hybridized carbons (Fsp3) is 0.333. The molecular formula is C24H22F3N3O4S. The van der Waals surface area contributed by atoms with E-state index in [0.717, 1.165) is 23.9 Å². The number of carboxylic acids is 1. The molecule has 2 unspecified atom stereocenters. The van der Waals surface area contributed by atoms with Crippen LogP contribution in [0.25, 0.3) is 0 Å². The van der Waals surface area contributed by atoms with Crippen LogP contribution in [0, 0.1) is 17.2 Å². The van der Waals surface area contributed by atoms with Gasteiger partial charge in [-0.25, -0.2) is 4.79 Å². The Labute approximate surface area is 204 Å². The highest BCUT2D eigenvalue weighted by Crippen LogP contribution is 2.39. The number of anilines is 1. The van der Waals surface area contributed by atoms with Gasteiger partial charge in [0.05, 0.1) is 35.6 Å². The first-order valence-electron chi connectivity index (χ1n) is 10.6. The summed E-state index contributed by atoms with van der Waals surface area (Å²) in [7, 11) is 0. The molecule has 3 rings (SSSR count). The zero-order valence-electron chi connectivity index (χ0n) is 18.9. The van der Waals surface area contributed by atoms with Crippen LogP contribution < -0.4 is 4.90 Å². The molecule has 2 atom stereocenters. The third kappa shape index (κ3) is 5.95. The number of nitriles is 1. The Balaban J connectivity index is 2.15. The van der Waals surface area contributed by atoms with E-state index in [1.165, 1.54) is 17.0 Å².